The van der Waals surface area contributed by atoms with Gasteiger partial charge in [0.2, 0.25) is 0 Å². The molecule has 0 saturated carbocycles. The van der Waals surface area contributed by atoms with E-state index in [9.17, 15) is 13.4 Å². The number of rotatable bonds is 3. The van der Waals surface area contributed by atoms with E-state index in [-0.39, 0.29) is 0 Å². The van der Waals surface area contributed by atoms with Gasteiger partial charge in [0.25, 0.3) is 0 Å². The summed E-state index contributed by atoms with van der Waals surface area (Å²) in [6.45, 7) is 4.49. The highest BCUT2D eigenvalue weighted by atomic mass is 32.2. The van der Waals surface area contributed by atoms with E-state index in [1.165, 1.54) is 28.6 Å². The number of halogens is 1. The van der Waals surface area contributed by atoms with Crippen molar-refractivity contribution in [3.8, 4) is 0 Å². The van der Waals surface area contributed by atoms with Crippen LogP contribution in [-0.4, -0.2) is 32.2 Å². The molecular formula is C13H18FNO3S. The molecule has 4 nitrogen and oxygen atoms in total. The average molecular weight is 287 g/mol. The summed E-state index contributed by atoms with van der Waals surface area (Å²) in [5.74, 6) is -1.36. The van der Waals surface area contributed by atoms with E-state index in [1.54, 1.807) is 0 Å². The van der Waals surface area contributed by atoms with Crippen molar-refractivity contribution in [2.75, 3.05) is 6.54 Å². The fourth-order valence-electron chi connectivity index (χ4n) is 1.87. The van der Waals surface area contributed by atoms with E-state index in [4.69, 9.17) is 5.11 Å². The number of carbonyl (C=O) groups is 1. The van der Waals surface area contributed by atoms with Gasteiger partial charge in [-0.05, 0) is 37.1 Å². The number of benzene rings is 1. The van der Waals surface area contributed by atoms with Gasteiger partial charge in [-0.25, -0.2) is 12.9 Å². The lowest BCUT2D eigenvalue weighted by atomic mass is 10.2. The maximum absolute atomic E-state index is 12.7. The minimum atomic E-state index is -1.53. The third-order valence-electron chi connectivity index (χ3n) is 2.72. The summed E-state index contributed by atoms with van der Waals surface area (Å²) in [6, 6.07) is 4.57. The van der Waals surface area contributed by atoms with Gasteiger partial charge in [-0.15, -0.1) is 0 Å². The molecule has 0 aromatic heterocycles. The van der Waals surface area contributed by atoms with Crippen LogP contribution >= 0.6 is 0 Å². The minimum Gasteiger partial charge on any atom is -0.480 e. The molecule has 1 aliphatic rings. The molecule has 2 rings (SSSR count). The summed E-state index contributed by atoms with van der Waals surface area (Å²) >= 11 is 0. The van der Waals surface area contributed by atoms with Crippen molar-refractivity contribution in [3.05, 3.63) is 30.1 Å². The summed E-state index contributed by atoms with van der Waals surface area (Å²) in [4.78, 5) is 11.4. The standard InChI is InChI=1S/C11H12FNO3S.C2H6/c12-8-3-5-9(6-4-8)17(16)13-7-1-2-10(13)11(14)15;1-2/h3-6,10H,1-2,7H2,(H,14,15);1-2H3. The zero-order valence-corrected chi connectivity index (χ0v) is 11.8. The van der Waals surface area contributed by atoms with Crippen LogP contribution < -0.4 is 0 Å². The molecule has 1 aliphatic heterocycles. The second-order valence-corrected chi connectivity index (χ2v) is 5.28. The SMILES string of the molecule is CC.O=C(O)C1CCCN1S(=O)c1ccc(F)cc1. The molecule has 0 amide bonds. The first-order valence-corrected chi connectivity index (χ1v) is 7.37. The lowest BCUT2D eigenvalue weighted by Crippen LogP contribution is -2.37. The highest BCUT2D eigenvalue weighted by Gasteiger charge is 2.34. The van der Waals surface area contributed by atoms with Crippen LogP contribution in [0.2, 0.25) is 0 Å². The Morgan fingerprint density at radius 2 is 1.95 bits per heavy atom. The highest BCUT2D eigenvalue weighted by molar-refractivity contribution is 7.82. The molecule has 1 saturated heterocycles. The molecule has 6 heteroatoms. The van der Waals surface area contributed by atoms with Gasteiger partial charge < -0.3 is 5.11 Å². The Morgan fingerprint density at radius 3 is 2.47 bits per heavy atom. The molecule has 1 aromatic rings. The van der Waals surface area contributed by atoms with Crippen molar-refractivity contribution >= 4 is 17.0 Å². The predicted molar refractivity (Wildman–Crippen MR) is 71.5 cm³/mol. The Balaban J connectivity index is 0.000000861. The molecule has 0 radical (unpaired) electrons. The molecule has 2 unspecified atom stereocenters. The number of carboxylic acid groups (broad SMARTS) is 1. The Bertz CT molecular complexity index is 450. The van der Waals surface area contributed by atoms with Crippen molar-refractivity contribution in [1.29, 1.82) is 0 Å². The number of hydrogen-bond donors (Lipinski definition) is 1. The summed E-state index contributed by atoms with van der Waals surface area (Å²) < 4.78 is 26.3. The van der Waals surface area contributed by atoms with E-state index in [0.717, 1.165) is 0 Å². The normalized spacial score (nSPS) is 20.5. The van der Waals surface area contributed by atoms with Crippen molar-refractivity contribution in [2.45, 2.75) is 37.6 Å². The topological polar surface area (TPSA) is 57.6 Å². The van der Waals surface area contributed by atoms with Gasteiger partial charge >= 0.3 is 5.97 Å². The van der Waals surface area contributed by atoms with Crippen LogP contribution in [0.3, 0.4) is 0 Å². The van der Waals surface area contributed by atoms with Gasteiger partial charge in [-0.1, -0.05) is 13.8 Å². The van der Waals surface area contributed by atoms with Crippen molar-refractivity contribution in [1.82, 2.24) is 4.31 Å². The Kier molecular flexibility index (Phi) is 6.11. The third-order valence-corrected chi connectivity index (χ3v) is 4.26. The number of carboxylic acids is 1. The Morgan fingerprint density at radius 1 is 1.37 bits per heavy atom. The molecule has 1 heterocycles. The van der Waals surface area contributed by atoms with E-state index < -0.39 is 28.8 Å². The van der Waals surface area contributed by atoms with Gasteiger partial charge in [0, 0.05) is 6.54 Å². The smallest absolute Gasteiger partial charge is 0.321 e. The molecule has 2 atom stereocenters. The summed E-state index contributed by atoms with van der Waals surface area (Å²) in [6.07, 6.45) is 1.21. The van der Waals surface area contributed by atoms with Crippen molar-refractivity contribution in [2.24, 2.45) is 0 Å². The fraction of sp³-hybridized carbons (Fsp3) is 0.462. The van der Waals surface area contributed by atoms with Crippen molar-refractivity contribution < 1.29 is 18.5 Å². The van der Waals surface area contributed by atoms with Gasteiger partial charge in [0.05, 0.1) is 4.90 Å². The molecule has 0 spiro atoms. The zero-order valence-electron chi connectivity index (χ0n) is 11.0. The minimum absolute atomic E-state index is 0.401. The monoisotopic (exact) mass is 287 g/mol. The first-order chi connectivity index (χ1) is 9.09. The van der Waals surface area contributed by atoms with Crippen LogP contribution in [0.4, 0.5) is 4.39 Å². The first kappa shape index (κ1) is 15.8. The molecule has 1 fully saturated rings. The lowest BCUT2D eigenvalue weighted by molar-refractivity contribution is -0.140. The Labute approximate surface area is 114 Å². The van der Waals surface area contributed by atoms with E-state index in [2.05, 4.69) is 0 Å². The highest BCUT2D eigenvalue weighted by Crippen LogP contribution is 2.23. The Hall–Kier alpha value is -1.27. The molecular weight excluding hydrogens is 269 g/mol. The molecule has 19 heavy (non-hydrogen) atoms. The maximum Gasteiger partial charge on any atom is 0.321 e. The van der Waals surface area contributed by atoms with Gasteiger partial charge in [0.15, 0.2) is 0 Å². The van der Waals surface area contributed by atoms with E-state index in [0.29, 0.717) is 24.3 Å². The molecule has 1 N–H and O–H groups in total. The second kappa shape index (κ2) is 7.35. The van der Waals surface area contributed by atoms with Gasteiger partial charge in [-0.3, -0.25) is 4.79 Å². The van der Waals surface area contributed by atoms with Crippen LogP contribution in [0.25, 0.3) is 0 Å². The average Bonchev–Trinajstić information content (AvgIpc) is 2.90. The second-order valence-electron chi connectivity index (χ2n) is 3.84. The quantitative estimate of drug-likeness (QED) is 0.929. The number of aliphatic carboxylic acids is 1. The van der Waals surface area contributed by atoms with Gasteiger partial charge in [0.1, 0.15) is 22.8 Å². The third kappa shape index (κ3) is 3.84. The zero-order chi connectivity index (χ0) is 14.4. The molecule has 106 valence electrons. The summed E-state index contributed by atoms with van der Waals surface area (Å²) in [5.41, 5.74) is 0. The summed E-state index contributed by atoms with van der Waals surface area (Å²) in [5, 5.41) is 8.99. The van der Waals surface area contributed by atoms with Crippen LogP contribution in [0.15, 0.2) is 29.2 Å². The largest absolute Gasteiger partial charge is 0.480 e. The van der Waals surface area contributed by atoms with Crippen LogP contribution in [-0.2, 0) is 15.8 Å². The summed E-state index contributed by atoms with van der Waals surface area (Å²) in [7, 11) is -1.53. The molecule has 0 aliphatic carbocycles. The number of nitrogens with zero attached hydrogens (tertiary/aromatic N) is 1. The predicted octanol–water partition coefficient (Wildman–Crippen LogP) is 2.42. The van der Waals surface area contributed by atoms with Crippen molar-refractivity contribution in [3.63, 3.8) is 0 Å². The number of hydrogen-bond acceptors (Lipinski definition) is 2. The fourth-order valence-corrected chi connectivity index (χ4v) is 3.23. The van der Waals surface area contributed by atoms with Gasteiger partial charge in [-0.2, -0.15) is 0 Å². The van der Waals surface area contributed by atoms with Crippen LogP contribution in [0.1, 0.15) is 26.7 Å². The first-order valence-electron chi connectivity index (χ1n) is 6.26. The van der Waals surface area contributed by atoms with Crippen LogP contribution in [0.5, 0.6) is 0 Å². The maximum atomic E-state index is 12.7. The van der Waals surface area contributed by atoms with Crippen LogP contribution in [0, 0.1) is 5.82 Å². The van der Waals surface area contributed by atoms with E-state index >= 15 is 0 Å². The van der Waals surface area contributed by atoms with E-state index in [1.807, 2.05) is 13.8 Å². The molecule has 1 aromatic carbocycles. The lowest BCUT2D eigenvalue weighted by Gasteiger charge is -2.19. The molecule has 0 bridgehead atoms.